The minimum atomic E-state index is -7.66. The van der Waals surface area contributed by atoms with Gasteiger partial charge in [-0.05, 0) is 0 Å². The quantitative estimate of drug-likeness (QED) is 0.722. The molecule has 0 saturated heterocycles. The molecule has 0 aromatic rings. The molecular weight excluding hydrogens is 293 g/mol. The van der Waals surface area contributed by atoms with Crippen LogP contribution in [0.15, 0.2) is 0 Å². The molecule has 0 atom stereocenters. The molecule has 1 N–H and O–H groups in total. The standard InChI is InChI=1S/C4H11F2O7PS2/c1-3-15(8,9)12-14(5,6,7)13-16(10,11)4-2/h7H,3-4H2,1-2H3. The van der Waals surface area contributed by atoms with Crippen molar-refractivity contribution in [3.63, 3.8) is 0 Å². The number of hydrogen-bond donors (Lipinski definition) is 1. The third kappa shape index (κ3) is 5.97. The predicted octanol–water partition coefficient (Wildman–Crippen LogP) is 0.779. The molecule has 0 aliphatic rings. The van der Waals surface area contributed by atoms with Crippen LogP contribution in [-0.4, -0.2) is 33.2 Å². The Hall–Kier alpha value is 0.0700. The van der Waals surface area contributed by atoms with Crippen molar-refractivity contribution in [2.24, 2.45) is 0 Å². The monoisotopic (exact) mass is 304 g/mol. The molecule has 16 heavy (non-hydrogen) atoms. The van der Waals surface area contributed by atoms with E-state index in [1.807, 2.05) is 0 Å². The Bertz CT molecular complexity index is 407. The molecule has 0 heterocycles. The topological polar surface area (TPSA) is 107 Å². The van der Waals surface area contributed by atoms with Gasteiger partial charge in [-0.25, -0.2) is 0 Å². The molecule has 0 spiro atoms. The second-order valence-electron chi connectivity index (χ2n) is 2.57. The van der Waals surface area contributed by atoms with Gasteiger partial charge < -0.3 is 0 Å². The maximum atomic E-state index is 13.0. The fourth-order valence-corrected chi connectivity index (χ4v) is 4.58. The normalized spacial score (nSPS) is 16.7. The summed E-state index contributed by atoms with van der Waals surface area (Å²) in [6.45, 7) is 1.94. The maximum absolute atomic E-state index is 13.0. The summed E-state index contributed by atoms with van der Waals surface area (Å²) >= 11 is 0. The fraction of sp³-hybridized carbons (Fsp3) is 1.00. The summed E-state index contributed by atoms with van der Waals surface area (Å²) in [4.78, 5) is 8.51. The Labute approximate surface area is 92.0 Å². The third-order valence-corrected chi connectivity index (χ3v) is 6.33. The van der Waals surface area contributed by atoms with E-state index >= 15 is 0 Å². The van der Waals surface area contributed by atoms with Gasteiger partial charge in [0.15, 0.2) is 0 Å². The van der Waals surface area contributed by atoms with Gasteiger partial charge in [-0.2, -0.15) is 0 Å². The first kappa shape index (κ1) is 16.1. The van der Waals surface area contributed by atoms with Crippen molar-refractivity contribution >= 4 is 28.1 Å². The van der Waals surface area contributed by atoms with Gasteiger partial charge in [0.25, 0.3) is 0 Å². The van der Waals surface area contributed by atoms with Gasteiger partial charge in [0.1, 0.15) is 0 Å². The molecule has 0 aromatic heterocycles. The average molecular weight is 304 g/mol. The summed E-state index contributed by atoms with van der Waals surface area (Å²) in [7, 11) is -17.2. The van der Waals surface area contributed by atoms with Crippen LogP contribution in [0, 0.1) is 0 Å². The summed E-state index contributed by atoms with van der Waals surface area (Å²) in [6.07, 6.45) is 0. The van der Waals surface area contributed by atoms with Gasteiger partial charge in [0.2, 0.25) is 0 Å². The van der Waals surface area contributed by atoms with Crippen molar-refractivity contribution in [1.82, 2.24) is 0 Å². The minimum absolute atomic E-state index is 0.866. The van der Waals surface area contributed by atoms with Crippen LogP contribution in [0.5, 0.6) is 0 Å². The van der Waals surface area contributed by atoms with E-state index in [0.29, 0.717) is 0 Å². The van der Waals surface area contributed by atoms with E-state index in [4.69, 9.17) is 4.89 Å². The average Bonchev–Trinajstić information content (AvgIpc) is 1.99. The van der Waals surface area contributed by atoms with E-state index in [2.05, 4.69) is 7.94 Å². The van der Waals surface area contributed by atoms with Crippen LogP contribution in [0.3, 0.4) is 0 Å². The molecule has 0 aliphatic heterocycles. The second kappa shape index (κ2) is 4.39. The van der Waals surface area contributed by atoms with Crippen LogP contribution in [-0.2, 0) is 28.2 Å². The first-order chi connectivity index (χ1) is 6.80. The summed E-state index contributed by atoms with van der Waals surface area (Å²) in [6, 6.07) is 0. The van der Waals surface area contributed by atoms with Gasteiger partial charge in [0.05, 0.1) is 0 Å². The van der Waals surface area contributed by atoms with E-state index < -0.39 is 39.6 Å². The Morgan fingerprint density at radius 1 is 1.00 bits per heavy atom. The SMILES string of the molecule is CCS(=O)(=O)OP(O)(F)(F)OS(=O)(=O)CC. The van der Waals surface area contributed by atoms with Gasteiger partial charge in [-0.3, -0.25) is 0 Å². The van der Waals surface area contributed by atoms with Crippen LogP contribution in [0.25, 0.3) is 0 Å². The molecule has 0 aromatic carbocycles. The summed E-state index contributed by atoms with van der Waals surface area (Å²) in [5, 5.41) is 0. The van der Waals surface area contributed by atoms with Crippen molar-refractivity contribution in [3.05, 3.63) is 0 Å². The van der Waals surface area contributed by atoms with Gasteiger partial charge in [-0.1, -0.05) is 0 Å². The first-order valence-corrected chi connectivity index (χ1v) is 8.86. The molecule has 0 fully saturated rings. The third-order valence-electron chi connectivity index (χ3n) is 1.17. The zero-order valence-corrected chi connectivity index (χ0v) is 10.9. The van der Waals surface area contributed by atoms with Gasteiger partial charge in [0, 0.05) is 0 Å². The van der Waals surface area contributed by atoms with E-state index in [0.717, 1.165) is 13.8 Å². The molecule has 0 radical (unpaired) electrons. The summed E-state index contributed by atoms with van der Waals surface area (Å²) in [5.41, 5.74) is 0. The Balaban J connectivity index is 5.15. The molecule has 0 saturated carbocycles. The Kier molecular flexibility index (Phi) is 4.41. The molecule has 12 heteroatoms. The van der Waals surface area contributed by atoms with E-state index in [1.165, 1.54) is 0 Å². The van der Waals surface area contributed by atoms with Crippen LogP contribution in [0.4, 0.5) is 8.39 Å². The van der Waals surface area contributed by atoms with Crippen molar-refractivity contribution < 1.29 is 38.1 Å². The first-order valence-electron chi connectivity index (χ1n) is 3.89. The van der Waals surface area contributed by atoms with Crippen LogP contribution >= 0.6 is 7.91 Å². The van der Waals surface area contributed by atoms with Gasteiger partial charge >= 0.3 is 91.6 Å². The number of rotatable bonds is 6. The van der Waals surface area contributed by atoms with E-state index in [-0.39, 0.29) is 0 Å². The van der Waals surface area contributed by atoms with Gasteiger partial charge in [-0.15, -0.1) is 0 Å². The Morgan fingerprint density at radius 3 is 1.44 bits per heavy atom. The fourth-order valence-electron chi connectivity index (χ4n) is 0.484. The van der Waals surface area contributed by atoms with Crippen LogP contribution in [0.2, 0.25) is 0 Å². The Morgan fingerprint density at radius 2 is 1.25 bits per heavy atom. The zero-order valence-electron chi connectivity index (χ0n) is 8.33. The van der Waals surface area contributed by atoms with Crippen molar-refractivity contribution in [1.29, 1.82) is 0 Å². The van der Waals surface area contributed by atoms with E-state index in [1.54, 1.807) is 0 Å². The molecule has 7 nitrogen and oxygen atoms in total. The molecule has 0 amide bonds. The molecular formula is C4H11F2O7PS2. The van der Waals surface area contributed by atoms with Crippen molar-refractivity contribution in [2.75, 3.05) is 11.5 Å². The van der Waals surface area contributed by atoms with Crippen molar-refractivity contribution in [3.8, 4) is 0 Å². The molecule has 0 rings (SSSR count). The van der Waals surface area contributed by atoms with Crippen LogP contribution < -0.4 is 0 Å². The van der Waals surface area contributed by atoms with E-state index in [9.17, 15) is 25.2 Å². The number of halogens is 2. The summed E-state index contributed by atoms with van der Waals surface area (Å²) < 4.78 is 74.9. The molecule has 0 bridgehead atoms. The molecule has 100 valence electrons. The predicted molar refractivity (Wildman–Crippen MR) is 52.4 cm³/mol. The van der Waals surface area contributed by atoms with Crippen molar-refractivity contribution in [2.45, 2.75) is 13.8 Å². The second-order valence-corrected chi connectivity index (χ2v) is 8.61. The molecule has 0 aliphatic carbocycles. The summed E-state index contributed by atoms with van der Waals surface area (Å²) in [5.74, 6) is -1.73. The molecule has 0 unspecified atom stereocenters. The van der Waals surface area contributed by atoms with Crippen LogP contribution in [0.1, 0.15) is 13.8 Å². The number of hydrogen-bond acceptors (Lipinski definition) is 7. The zero-order chi connectivity index (χ0) is 13.3.